The molecule has 0 unspecified atom stereocenters. The summed E-state index contributed by atoms with van der Waals surface area (Å²) in [6.45, 7) is 1.85. The number of rotatable bonds is 4. The van der Waals surface area contributed by atoms with Crippen molar-refractivity contribution in [3.05, 3.63) is 84.4 Å². The second-order valence-electron chi connectivity index (χ2n) is 5.72. The fourth-order valence-electron chi connectivity index (χ4n) is 2.66. The van der Waals surface area contributed by atoms with Gasteiger partial charge in [0.05, 0.1) is 11.1 Å². The van der Waals surface area contributed by atoms with Crippen molar-refractivity contribution in [2.45, 2.75) is 13.2 Å². The van der Waals surface area contributed by atoms with E-state index in [0.717, 1.165) is 21.7 Å². The molecule has 2 heterocycles. The molecule has 1 aliphatic heterocycles. The number of halogens is 1. The van der Waals surface area contributed by atoms with Gasteiger partial charge in [0.15, 0.2) is 4.80 Å². The Kier molecular flexibility index (Phi) is 4.42. The fourth-order valence-corrected chi connectivity index (χ4v) is 3.82. The summed E-state index contributed by atoms with van der Waals surface area (Å²) in [4.78, 5) is 17.5. The summed E-state index contributed by atoms with van der Waals surface area (Å²) in [6, 6.07) is 15.3. The third-order valence-corrected chi connectivity index (χ3v) is 5.23. The fraction of sp³-hybridized carbons (Fsp3) is 0.158. The van der Waals surface area contributed by atoms with Crippen LogP contribution in [0.1, 0.15) is 11.1 Å². The smallest absolute Gasteiger partial charge is 0.270 e. The Balaban J connectivity index is 1.56. The van der Waals surface area contributed by atoms with Gasteiger partial charge in [-0.15, -0.1) is 0 Å². The molecule has 0 aliphatic carbocycles. The number of hydrogen-bond donors (Lipinski definition) is 0. The summed E-state index contributed by atoms with van der Waals surface area (Å²) in [6.07, 6.45) is 1.89. The first-order chi connectivity index (χ1) is 12.2. The first-order valence-electron chi connectivity index (χ1n) is 7.92. The number of thiazole rings is 1. The van der Waals surface area contributed by atoms with E-state index < -0.39 is 0 Å². The van der Waals surface area contributed by atoms with E-state index in [2.05, 4.69) is 4.99 Å². The summed E-state index contributed by atoms with van der Waals surface area (Å²) in [7, 11) is 0. The number of hydrogen-bond acceptors (Lipinski definition) is 4. The molecular weight excluding hydrogens is 356 g/mol. The monoisotopic (exact) mass is 370 g/mol. The molecule has 0 atom stereocenters. The van der Waals surface area contributed by atoms with Crippen molar-refractivity contribution in [3.8, 4) is 5.75 Å². The van der Waals surface area contributed by atoms with Crippen LogP contribution in [-0.2, 0) is 13.2 Å². The zero-order valence-corrected chi connectivity index (χ0v) is 14.9. The van der Waals surface area contributed by atoms with Crippen molar-refractivity contribution >= 4 is 29.0 Å². The minimum absolute atomic E-state index is 0.0359. The number of ether oxygens (including phenoxy) is 1. The molecule has 126 valence electrons. The SMILES string of the molecule is O=c1/c(=C/c2cccc(OCc3ccc(Cl)cc3)c2)sc2n1CCN=2. The molecule has 0 amide bonds. The van der Waals surface area contributed by atoms with Crippen molar-refractivity contribution in [2.24, 2.45) is 4.99 Å². The molecule has 0 N–H and O–H groups in total. The molecule has 1 aromatic heterocycles. The third-order valence-electron chi connectivity index (χ3n) is 3.93. The van der Waals surface area contributed by atoms with Crippen LogP contribution in [-0.4, -0.2) is 11.1 Å². The van der Waals surface area contributed by atoms with Gasteiger partial charge in [-0.2, -0.15) is 0 Å². The maximum absolute atomic E-state index is 12.3. The minimum atomic E-state index is 0.0359. The minimum Gasteiger partial charge on any atom is -0.489 e. The maximum atomic E-state index is 12.3. The van der Waals surface area contributed by atoms with E-state index in [0.29, 0.717) is 29.3 Å². The average Bonchev–Trinajstić information content (AvgIpc) is 3.19. The highest BCUT2D eigenvalue weighted by Crippen LogP contribution is 2.16. The van der Waals surface area contributed by atoms with E-state index in [-0.39, 0.29) is 5.56 Å². The molecule has 0 spiro atoms. The highest BCUT2D eigenvalue weighted by molar-refractivity contribution is 7.07. The van der Waals surface area contributed by atoms with Crippen molar-refractivity contribution in [2.75, 3.05) is 6.54 Å². The van der Waals surface area contributed by atoms with Crippen LogP contribution < -0.4 is 19.6 Å². The molecule has 0 saturated heterocycles. The lowest BCUT2D eigenvalue weighted by Crippen LogP contribution is -2.29. The topological polar surface area (TPSA) is 43.6 Å². The molecule has 0 fully saturated rings. The number of aromatic nitrogens is 1. The van der Waals surface area contributed by atoms with E-state index >= 15 is 0 Å². The summed E-state index contributed by atoms with van der Waals surface area (Å²) in [5.41, 5.74) is 2.02. The van der Waals surface area contributed by atoms with Crippen LogP contribution in [0, 0.1) is 0 Å². The quantitative estimate of drug-likeness (QED) is 0.708. The predicted molar refractivity (Wildman–Crippen MR) is 100 cm³/mol. The lowest BCUT2D eigenvalue weighted by molar-refractivity contribution is 0.306. The van der Waals surface area contributed by atoms with Crippen molar-refractivity contribution in [1.29, 1.82) is 0 Å². The van der Waals surface area contributed by atoms with Gasteiger partial charge in [0.1, 0.15) is 12.4 Å². The van der Waals surface area contributed by atoms with Gasteiger partial charge < -0.3 is 4.74 Å². The number of benzene rings is 2. The summed E-state index contributed by atoms with van der Waals surface area (Å²) >= 11 is 7.32. The predicted octanol–water partition coefficient (Wildman–Crippen LogP) is 2.60. The van der Waals surface area contributed by atoms with E-state index in [1.54, 1.807) is 4.57 Å². The van der Waals surface area contributed by atoms with E-state index in [4.69, 9.17) is 16.3 Å². The molecule has 2 aromatic carbocycles. The second-order valence-corrected chi connectivity index (χ2v) is 7.16. The van der Waals surface area contributed by atoms with Crippen molar-refractivity contribution < 1.29 is 4.74 Å². The van der Waals surface area contributed by atoms with Gasteiger partial charge in [0.25, 0.3) is 5.56 Å². The molecule has 0 bridgehead atoms. The Bertz CT molecular complexity index is 1080. The van der Waals surface area contributed by atoms with Gasteiger partial charge in [-0.05, 0) is 41.5 Å². The Morgan fingerprint density at radius 2 is 2.08 bits per heavy atom. The molecule has 4 nitrogen and oxygen atoms in total. The lowest BCUT2D eigenvalue weighted by atomic mass is 10.2. The molecule has 6 heteroatoms. The summed E-state index contributed by atoms with van der Waals surface area (Å²) < 4.78 is 8.28. The highest BCUT2D eigenvalue weighted by Gasteiger charge is 2.09. The van der Waals surface area contributed by atoms with E-state index in [1.807, 2.05) is 54.6 Å². The Morgan fingerprint density at radius 1 is 1.24 bits per heavy atom. The molecule has 0 radical (unpaired) electrons. The zero-order valence-electron chi connectivity index (χ0n) is 13.3. The first kappa shape index (κ1) is 16.1. The Morgan fingerprint density at radius 3 is 2.88 bits per heavy atom. The van der Waals surface area contributed by atoms with E-state index in [9.17, 15) is 4.79 Å². The Labute approximate surface area is 153 Å². The van der Waals surface area contributed by atoms with Crippen molar-refractivity contribution in [1.82, 2.24) is 4.57 Å². The molecular formula is C19H15ClN2O2S. The van der Waals surface area contributed by atoms with Crippen LogP contribution in [0.4, 0.5) is 0 Å². The van der Waals surface area contributed by atoms with Gasteiger partial charge >= 0.3 is 0 Å². The summed E-state index contributed by atoms with van der Waals surface area (Å²) in [5.74, 6) is 0.762. The Hall–Kier alpha value is -2.37. The number of fused-ring (bicyclic) bond motifs is 1. The zero-order chi connectivity index (χ0) is 17.2. The van der Waals surface area contributed by atoms with Crippen LogP contribution in [0.5, 0.6) is 5.75 Å². The normalized spacial score (nSPS) is 13.6. The standard InChI is InChI=1S/C19H15ClN2O2S/c20-15-6-4-13(5-7-15)12-24-16-3-1-2-14(10-16)11-17-18(23)22-9-8-21-19(22)25-17/h1-7,10-11H,8-9,12H2/b17-11-. The third kappa shape index (κ3) is 3.52. The molecule has 1 aliphatic rings. The number of nitrogens with zero attached hydrogens (tertiary/aromatic N) is 2. The van der Waals surface area contributed by atoms with Crippen molar-refractivity contribution in [3.63, 3.8) is 0 Å². The van der Waals surface area contributed by atoms with Gasteiger partial charge in [-0.3, -0.25) is 14.4 Å². The summed E-state index contributed by atoms with van der Waals surface area (Å²) in [5, 5.41) is 0.709. The molecule has 25 heavy (non-hydrogen) atoms. The average molecular weight is 371 g/mol. The molecule has 3 aromatic rings. The van der Waals surface area contributed by atoms with Crippen LogP contribution in [0.3, 0.4) is 0 Å². The van der Waals surface area contributed by atoms with Gasteiger partial charge in [0.2, 0.25) is 0 Å². The van der Waals surface area contributed by atoms with Crippen LogP contribution >= 0.6 is 22.9 Å². The maximum Gasteiger partial charge on any atom is 0.270 e. The highest BCUT2D eigenvalue weighted by atomic mass is 35.5. The molecule has 0 saturated carbocycles. The first-order valence-corrected chi connectivity index (χ1v) is 9.12. The van der Waals surface area contributed by atoms with E-state index in [1.165, 1.54) is 11.3 Å². The van der Waals surface area contributed by atoms with Gasteiger partial charge in [-0.1, -0.05) is 47.2 Å². The van der Waals surface area contributed by atoms with Crippen LogP contribution in [0.25, 0.3) is 6.08 Å². The second kappa shape index (κ2) is 6.86. The largest absolute Gasteiger partial charge is 0.489 e. The molecule has 4 rings (SSSR count). The van der Waals surface area contributed by atoms with Gasteiger partial charge in [0, 0.05) is 11.6 Å². The van der Waals surface area contributed by atoms with Crippen LogP contribution in [0.2, 0.25) is 5.02 Å². The van der Waals surface area contributed by atoms with Crippen LogP contribution in [0.15, 0.2) is 58.3 Å². The van der Waals surface area contributed by atoms with Gasteiger partial charge in [-0.25, -0.2) is 0 Å². The lowest BCUT2D eigenvalue weighted by Gasteiger charge is -2.07.